The van der Waals surface area contributed by atoms with Crippen molar-refractivity contribution in [3.8, 4) is 0 Å². The summed E-state index contributed by atoms with van der Waals surface area (Å²) >= 11 is 0. The highest BCUT2D eigenvalue weighted by molar-refractivity contribution is 4.59. The van der Waals surface area contributed by atoms with Crippen LogP contribution in [-0.4, -0.2) is 0 Å². The Kier molecular flexibility index (Phi) is 15.4. The van der Waals surface area contributed by atoms with Gasteiger partial charge >= 0.3 is 0 Å². The molecule has 0 aliphatic carbocycles. The molecule has 0 aromatic heterocycles. The van der Waals surface area contributed by atoms with E-state index in [-0.39, 0.29) is 0 Å². The first kappa shape index (κ1) is 20.0. The Hall–Kier alpha value is 0. The summed E-state index contributed by atoms with van der Waals surface area (Å²) in [6.45, 7) is 11.0. The summed E-state index contributed by atoms with van der Waals surface area (Å²) < 4.78 is 0. The third-order valence-corrected chi connectivity index (χ3v) is 4.44. The predicted molar refractivity (Wildman–Crippen MR) is 94.0 cm³/mol. The van der Waals surface area contributed by atoms with Crippen molar-refractivity contribution in [2.75, 3.05) is 0 Å². The van der Waals surface area contributed by atoms with Crippen molar-refractivity contribution in [2.45, 2.75) is 111 Å². The van der Waals surface area contributed by atoms with Gasteiger partial charge in [0.1, 0.15) is 0 Å². The maximum absolute atomic E-state index is 4.06. The molecule has 0 aliphatic rings. The summed E-state index contributed by atoms with van der Waals surface area (Å²) in [5.41, 5.74) is 0. The molecule has 2 atom stereocenters. The summed E-state index contributed by atoms with van der Waals surface area (Å²) in [6.07, 6.45) is 20.1. The molecule has 0 heterocycles. The minimum Gasteiger partial charge on any atom is -0.0654 e. The molecule has 0 saturated heterocycles. The fourth-order valence-electron chi connectivity index (χ4n) is 2.94. The fourth-order valence-corrected chi connectivity index (χ4v) is 2.94. The first-order chi connectivity index (χ1) is 9.66. The summed E-state index contributed by atoms with van der Waals surface area (Å²) in [5.74, 6) is 1.57. The van der Waals surface area contributed by atoms with E-state index in [2.05, 4.69) is 27.7 Å². The molecule has 0 saturated carbocycles. The van der Waals surface area contributed by atoms with Crippen LogP contribution < -0.4 is 0 Å². The van der Waals surface area contributed by atoms with E-state index < -0.39 is 0 Å². The molecule has 20 heavy (non-hydrogen) atoms. The second-order valence-electron chi connectivity index (χ2n) is 7.11. The predicted octanol–water partition coefficient (Wildman–Crippen LogP) is 7.57. The Labute approximate surface area is 130 Å². The quantitative estimate of drug-likeness (QED) is 0.271. The Balaban J connectivity index is 3.11. The largest absolute Gasteiger partial charge is 0.0654 e. The molecule has 0 aliphatic heterocycles. The van der Waals surface area contributed by atoms with Crippen molar-refractivity contribution < 1.29 is 0 Å². The molecule has 0 aromatic rings. The van der Waals surface area contributed by atoms with E-state index in [0.29, 0.717) is 5.92 Å². The standard InChI is InChI=1S/C20H41/c1-5-6-7-8-9-10-11-12-13-14-17-20(4)18-15-16-19(2)3/h19-20H,2,5-18H2,1,3-4H3. The molecule has 121 valence electrons. The van der Waals surface area contributed by atoms with Crippen LogP contribution in [0.25, 0.3) is 0 Å². The first-order valence-corrected chi connectivity index (χ1v) is 9.49. The van der Waals surface area contributed by atoms with Gasteiger partial charge in [-0.3, -0.25) is 0 Å². The van der Waals surface area contributed by atoms with Gasteiger partial charge in [-0.05, 0) is 11.8 Å². The minimum absolute atomic E-state index is 0.638. The molecule has 0 N–H and O–H groups in total. The second kappa shape index (κ2) is 15.4. The molecule has 0 aromatic carbocycles. The maximum Gasteiger partial charge on any atom is -0.0443 e. The third kappa shape index (κ3) is 16.1. The van der Waals surface area contributed by atoms with E-state index in [4.69, 9.17) is 0 Å². The summed E-state index contributed by atoms with van der Waals surface area (Å²) in [4.78, 5) is 0. The van der Waals surface area contributed by atoms with Gasteiger partial charge in [-0.15, -0.1) is 0 Å². The van der Waals surface area contributed by atoms with Gasteiger partial charge < -0.3 is 0 Å². The van der Waals surface area contributed by atoms with E-state index in [0.717, 1.165) is 5.92 Å². The van der Waals surface area contributed by atoms with Crippen LogP contribution in [-0.2, 0) is 0 Å². The van der Waals surface area contributed by atoms with Crippen molar-refractivity contribution in [3.05, 3.63) is 6.92 Å². The zero-order chi connectivity index (χ0) is 15.1. The average molecular weight is 282 g/mol. The van der Waals surface area contributed by atoms with E-state index in [1.165, 1.54) is 89.9 Å². The summed E-state index contributed by atoms with van der Waals surface area (Å²) in [5, 5.41) is 0. The van der Waals surface area contributed by atoms with Crippen molar-refractivity contribution in [2.24, 2.45) is 11.8 Å². The maximum atomic E-state index is 4.06. The van der Waals surface area contributed by atoms with Crippen LogP contribution in [0.3, 0.4) is 0 Å². The van der Waals surface area contributed by atoms with Crippen LogP contribution in [0.2, 0.25) is 0 Å². The van der Waals surface area contributed by atoms with Gasteiger partial charge in [-0.1, -0.05) is 118 Å². The van der Waals surface area contributed by atoms with Crippen LogP contribution >= 0.6 is 0 Å². The highest BCUT2D eigenvalue weighted by Crippen LogP contribution is 2.18. The zero-order valence-corrected chi connectivity index (χ0v) is 14.8. The SMILES string of the molecule is [CH2]C(C)CCCC(C)CCCCCCCCCCCC. The fraction of sp³-hybridized carbons (Fsp3) is 0.950. The summed E-state index contributed by atoms with van der Waals surface area (Å²) in [6, 6.07) is 0. The Morgan fingerprint density at radius 1 is 0.600 bits per heavy atom. The summed E-state index contributed by atoms with van der Waals surface area (Å²) in [7, 11) is 0. The lowest BCUT2D eigenvalue weighted by atomic mass is 9.95. The zero-order valence-electron chi connectivity index (χ0n) is 14.8. The molecule has 0 heteroatoms. The molecule has 0 amide bonds. The molecule has 0 nitrogen and oxygen atoms in total. The van der Waals surface area contributed by atoms with Gasteiger partial charge in [0.25, 0.3) is 0 Å². The molecule has 1 radical (unpaired) electrons. The third-order valence-electron chi connectivity index (χ3n) is 4.44. The van der Waals surface area contributed by atoms with Crippen LogP contribution in [0, 0.1) is 18.8 Å². The van der Waals surface area contributed by atoms with E-state index in [1.54, 1.807) is 0 Å². The smallest absolute Gasteiger partial charge is 0.0443 e. The topological polar surface area (TPSA) is 0 Å². The van der Waals surface area contributed by atoms with Crippen LogP contribution in [0.1, 0.15) is 111 Å². The highest BCUT2D eigenvalue weighted by atomic mass is 14.1. The van der Waals surface area contributed by atoms with Crippen LogP contribution in [0.5, 0.6) is 0 Å². The van der Waals surface area contributed by atoms with E-state index in [9.17, 15) is 0 Å². The first-order valence-electron chi connectivity index (χ1n) is 9.49. The molecule has 0 rings (SSSR count). The van der Waals surface area contributed by atoms with Gasteiger partial charge in [0.05, 0.1) is 0 Å². The molecule has 0 bridgehead atoms. The lowest BCUT2D eigenvalue weighted by Crippen LogP contribution is -1.97. The normalized spacial score (nSPS) is 13.1. The van der Waals surface area contributed by atoms with E-state index >= 15 is 0 Å². The van der Waals surface area contributed by atoms with Gasteiger partial charge in [0.2, 0.25) is 0 Å². The number of hydrogen-bond donors (Lipinski definition) is 0. The Morgan fingerprint density at radius 3 is 1.55 bits per heavy atom. The average Bonchev–Trinajstić information content (AvgIpc) is 2.40. The molecule has 0 spiro atoms. The molecule has 0 fully saturated rings. The van der Waals surface area contributed by atoms with Crippen LogP contribution in [0.4, 0.5) is 0 Å². The molecular weight excluding hydrogens is 240 g/mol. The Bertz CT molecular complexity index is 171. The number of unbranched alkanes of at least 4 members (excludes halogenated alkanes) is 9. The van der Waals surface area contributed by atoms with Crippen molar-refractivity contribution in [1.82, 2.24) is 0 Å². The monoisotopic (exact) mass is 281 g/mol. The van der Waals surface area contributed by atoms with Crippen molar-refractivity contribution in [1.29, 1.82) is 0 Å². The highest BCUT2D eigenvalue weighted by Gasteiger charge is 2.03. The Morgan fingerprint density at radius 2 is 1.05 bits per heavy atom. The van der Waals surface area contributed by atoms with Gasteiger partial charge in [-0.25, -0.2) is 0 Å². The van der Waals surface area contributed by atoms with Gasteiger partial charge in [-0.2, -0.15) is 0 Å². The van der Waals surface area contributed by atoms with Gasteiger partial charge in [0.15, 0.2) is 0 Å². The molecule has 2 unspecified atom stereocenters. The van der Waals surface area contributed by atoms with Crippen molar-refractivity contribution >= 4 is 0 Å². The van der Waals surface area contributed by atoms with Crippen molar-refractivity contribution in [3.63, 3.8) is 0 Å². The lowest BCUT2D eigenvalue weighted by molar-refractivity contribution is 0.424. The van der Waals surface area contributed by atoms with E-state index in [1.807, 2.05) is 0 Å². The minimum atomic E-state index is 0.638. The number of hydrogen-bond acceptors (Lipinski definition) is 0. The van der Waals surface area contributed by atoms with Gasteiger partial charge in [0, 0.05) is 0 Å². The lowest BCUT2D eigenvalue weighted by Gasteiger charge is -2.12. The molecular formula is C20H41. The second-order valence-corrected chi connectivity index (χ2v) is 7.11. The number of rotatable bonds is 15. The van der Waals surface area contributed by atoms with Crippen LogP contribution in [0.15, 0.2) is 0 Å².